The summed E-state index contributed by atoms with van der Waals surface area (Å²) < 4.78 is 1.95. The molecule has 0 radical (unpaired) electrons. The van der Waals surface area contributed by atoms with E-state index in [1.54, 1.807) is 0 Å². The summed E-state index contributed by atoms with van der Waals surface area (Å²) in [6.45, 7) is 0. The van der Waals surface area contributed by atoms with E-state index in [0.717, 1.165) is 53.5 Å². The molecule has 4 aromatic rings. The van der Waals surface area contributed by atoms with Gasteiger partial charge in [0.05, 0.1) is 0 Å². The number of allylic oxidation sites excluding steroid dienone is 4. The number of benzene rings is 4. The molecule has 1 aliphatic rings. The van der Waals surface area contributed by atoms with E-state index in [-0.39, 0.29) is 5.78 Å². The van der Waals surface area contributed by atoms with E-state index in [2.05, 4.69) is 56.1 Å². The second-order valence-electron chi connectivity index (χ2n) is 7.58. The van der Waals surface area contributed by atoms with E-state index in [9.17, 15) is 4.79 Å². The second kappa shape index (κ2) is 8.85. The molecule has 1 nitrogen and oxygen atoms in total. The zero-order chi connectivity index (χ0) is 22.1. The highest BCUT2D eigenvalue weighted by atomic mass is 79.9. The van der Waals surface area contributed by atoms with E-state index in [4.69, 9.17) is 0 Å². The molecule has 0 atom stereocenters. The van der Waals surface area contributed by atoms with Crippen LogP contribution < -0.4 is 0 Å². The van der Waals surface area contributed by atoms with Crippen molar-refractivity contribution in [1.82, 2.24) is 0 Å². The van der Waals surface area contributed by atoms with Crippen molar-refractivity contribution in [3.8, 4) is 0 Å². The van der Waals surface area contributed by atoms with Crippen LogP contribution in [0.4, 0.5) is 0 Å². The summed E-state index contributed by atoms with van der Waals surface area (Å²) in [7, 11) is 0. The fourth-order valence-corrected chi connectivity index (χ4v) is 5.03. The van der Waals surface area contributed by atoms with Crippen molar-refractivity contribution in [2.45, 2.75) is 0 Å². The molecule has 0 amide bonds. The molecule has 5 rings (SSSR count). The smallest absolute Gasteiger partial charge is 0.195 e. The average Bonchev–Trinajstić information content (AvgIpc) is 3.13. The number of hydrogen-bond acceptors (Lipinski definition) is 1. The minimum atomic E-state index is 0.0485. The SMILES string of the molecule is O=C1C(c2ccccc2)=C(c2cccc(Br)c2)C(c2cccc(Br)c2)=C1c1ccccc1. The van der Waals surface area contributed by atoms with Crippen molar-refractivity contribution in [3.05, 3.63) is 140 Å². The van der Waals surface area contributed by atoms with E-state index in [1.807, 2.05) is 84.9 Å². The molecule has 3 heteroatoms. The topological polar surface area (TPSA) is 17.1 Å². The van der Waals surface area contributed by atoms with Crippen molar-refractivity contribution >= 4 is 59.9 Å². The predicted molar refractivity (Wildman–Crippen MR) is 140 cm³/mol. The molecule has 0 spiro atoms. The van der Waals surface area contributed by atoms with Crippen LogP contribution in [0.1, 0.15) is 22.3 Å². The van der Waals surface area contributed by atoms with Gasteiger partial charge in [-0.1, -0.05) is 117 Å². The lowest BCUT2D eigenvalue weighted by Gasteiger charge is -2.14. The van der Waals surface area contributed by atoms with Crippen molar-refractivity contribution < 1.29 is 4.79 Å². The van der Waals surface area contributed by atoms with Crippen LogP contribution in [0.2, 0.25) is 0 Å². The number of rotatable bonds is 4. The van der Waals surface area contributed by atoms with Gasteiger partial charge in [-0.2, -0.15) is 0 Å². The van der Waals surface area contributed by atoms with E-state index < -0.39 is 0 Å². The highest BCUT2D eigenvalue weighted by Crippen LogP contribution is 2.50. The number of carbonyl (C=O) groups excluding carboxylic acids is 1. The van der Waals surface area contributed by atoms with Crippen LogP contribution in [0, 0.1) is 0 Å². The largest absolute Gasteiger partial charge is 0.289 e. The lowest BCUT2D eigenvalue weighted by Crippen LogP contribution is -2.01. The summed E-state index contributed by atoms with van der Waals surface area (Å²) in [5.41, 5.74) is 7.24. The molecular weight excluding hydrogens is 524 g/mol. The molecule has 0 bridgehead atoms. The molecule has 4 aromatic carbocycles. The van der Waals surface area contributed by atoms with Gasteiger partial charge >= 0.3 is 0 Å². The van der Waals surface area contributed by atoms with Gasteiger partial charge in [0.2, 0.25) is 0 Å². The van der Waals surface area contributed by atoms with Crippen molar-refractivity contribution in [2.75, 3.05) is 0 Å². The Morgan fingerprint density at radius 2 is 0.781 bits per heavy atom. The maximum absolute atomic E-state index is 14.1. The third kappa shape index (κ3) is 3.83. The minimum Gasteiger partial charge on any atom is -0.289 e. The van der Waals surface area contributed by atoms with E-state index >= 15 is 0 Å². The number of hydrogen-bond donors (Lipinski definition) is 0. The Bertz CT molecular complexity index is 1280. The first-order valence-corrected chi connectivity index (χ1v) is 11.9. The monoisotopic (exact) mass is 540 g/mol. The van der Waals surface area contributed by atoms with Crippen LogP contribution in [0.15, 0.2) is 118 Å². The highest BCUT2D eigenvalue weighted by Gasteiger charge is 2.35. The lowest BCUT2D eigenvalue weighted by atomic mass is 9.89. The Balaban J connectivity index is 1.90. The Morgan fingerprint density at radius 3 is 1.16 bits per heavy atom. The summed E-state index contributed by atoms with van der Waals surface area (Å²) in [5, 5.41) is 0. The van der Waals surface area contributed by atoms with Crippen LogP contribution in [0.25, 0.3) is 22.3 Å². The molecule has 1 aliphatic carbocycles. The fraction of sp³-hybridized carbons (Fsp3) is 0. The molecule has 32 heavy (non-hydrogen) atoms. The molecule has 0 aliphatic heterocycles. The molecule has 154 valence electrons. The van der Waals surface area contributed by atoms with Crippen molar-refractivity contribution in [3.63, 3.8) is 0 Å². The summed E-state index contributed by atoms with van der Waals surface area (Å²) in [6.07, 6.45) is 0. The number of carbonyl (C=O) groups is 1. The van der Waals surface area contributed by atoms with Gasteiger partial charge in [-0.3, -0.25) is 4.79 Å². The van der Waals surface area contributed by atoms with Gasteiger partial charge in [-0.05, 0) is 46.5 Å². The van der Waals surface area contributed by atoms with E-state index in [0.29, 0.717) is 0 Å². The van der Waals surface area contributed by atoms with Crippen LogP contribution >= 0.6 is 31.9 Å². The zero-order valence-electron chi connectivity index (χ0n) is 17.1. The second-order valence-corrected chi connectivity index (χ2v) is 9.41. The van der Waals surface area contributed by atoms with Crippen LogP contribution in [-0.2, 0) is 4.79 Å². The predicted octanol–water partition coefficient (Wildman–Crippen LogP) is 8.32. The normalized spacial score (nSPS) is 13.8. The molecule has 0 heterocycles. The Hall–Kier alpha value is -3.01. The first-order chi connectivity index (χ1) is 15.6. The summed E-state index contributed by atoms with van der Waals surface area (Å²) in [6, 6.07) is 36.3. The van der Waals surface area contributed by atoms with Gasteiger partial charge < -0.3 is 0 Å². The van der Waals surface area contributed by atoms with Gasteiger partial charge in [-0.15, -0.1) is 0 Å². The standard InChI is InChI=1S/C29H18Br2O/c30-23-15-7-13-21(17-23)25-26(22-14-8-16-24(31)18-22)28(20-11-5-2-6-12-20)29(32)27(25)19-9-3-1-4-10-19/h1-18H. The van der Waals surface area contributed by atoms with Crippen molar-refractivity contribution in [2.24, 2.45) is 0 Å². The van der Waals surface area contributed by atoms with Gasteiger partial charge in [0, 0.05) is 31.2 Å². The first-order valence-electron chi connectivity index (χ1n) is 10.3. The first kappa shape index (κ1) is 20.9. The molecule has 0 N–H and O–H groups in total. The Kier molecular flexibility index (Phi) is 5.77. The molecule has 0 aromatic heterocycles. The molecule has 0 saturated carbocycles. The molecule has 0 fully saturated rings. The van der Waals surface area contributed by atoms with Gasteiger partial charge in [0.15, 0.2) is 5.78 Å². The molecular formula is C29H18Br2O. The highest BCUT2D eigenvalue weighted by molar-refractivity contribution is 9.10. The number of ketones is 1. The number of Topliss-reactive ketones (excluding diaryl/α,β-unsaturated/α-hetero) is 1. The zero-order valence-corrected chi connectivity index (χ0v) is 20.2. The fourth-order valence-electron chi connectivity index (χ4n) is 4.23. The summed E-state index contributed by atoms with van der Waals surface area (Å²) in [4.78, 5) is 14.1. The van der Waals surface area contributed by atoms with Gasteiger partial charge in [-0.25, -0.2) is 0 Å². The van der Waals surface area contributed by atoms with Crippen LogP contribution in [-0.4, -0.2) is 5.78 Å². The van der Waals surface area contributed by atoms with Gasteiger partial charge in [0.25, 0.3) is 0 Å². The molecule has 0 saturated heterocycles. The Morgan fingerprint density at radius 1 is 0.406 bits per heavy atom. The van der Waals surface area contributed by atoms with Crippen LogP contribution in [0.3, 0.4) is 0 Å². The van der Waals surface area contributed by atoms with E-state index in [1.165, 1.54) is 0 Å². The third-order valence-electron chi connectivity index (χ3n) is 5.56. The van der Waals surface area contributed by atoms with Crippen LogP contribution in [0.5, 0.6) is 0 Å². The summed E-state index contributed by atoms with van der Waals surface area (Å²) in [5.74, 6) is 0.0485. The lowest BCUT2D eigenvalue weighted by molar-refractivity contribution is -0.108. The van der Waals surface area contributed by atoms with Crippen molar-refractivity contribution in [1.29, 1.82) is 0 Å². The Labute approximate surface area is 204 Å². The maximum Gasteiger partial charge on any atom is 0.195 e. The van der Waals surface area contributed by atoms with Gasteiger partial charge in [0.1, 0.15) is 0 Å². The quantitative estimate of drug-likeness (QED) is 0.254. The maximum atomic E-state index is 14.1. The molecule has 0 unspecified atom stereocenters. The number of halogens is 2. The minimum absolute atomic E-state index is 0.0485. The average molecular weight is 542 g/mol. The summed E-state index contributed by atoms with van der Waals surface area (Å²) >= 11 is 7.23. The third-order valence-corrected chi connectivity index (χ3v) is 6.54.